The van der Waals surface area contributed by atoms with Crippen LogP contribution in [0.3, 0.4) is 0 Å². The SMILES string of the molecule is COc1ccccc1CCNCc1cc(Cl)c(OCc2ccc(F)cc2)c(OC)c1. The molecule has 3 aromatic rings. The van der Waals surface area contributed by atoms with Gasteiger partial charge in [0.05, 0.1) is 19.2 Å². The number of ether oxygens (including phenoxy) is 3. The number of rotatable bonds is 10. The van der Waals surface area contributed by atoms with E-state index in [1.807, 2.05) is 30.3 Å². The molecule has 0 atom stereocenters. The molecule has 0 amide bonds. The highest BCUT2D eigenvalue weighted by Gasteiger charge is 2.12. The number of nitrogens with one attached hydrogen (secondary N) is 1. The Labute approximate surface area is 181 Å². The quantitative estimate of drug-likeness (QED) is 0.437. The predicted octanol–water partition coefficient (Wildman–Crippen LogP) is 5.41. The first-order valence-electron chi connectivity index (χ1n) is 9.67. The summed E-state index contributed by atoms with van der Waals surface area (Å²) in [4.78, 5) is 0. The molecule has 30 heavy (non-hydrogen) atoms. The number of para-hydroxylation sites is 1. The summed E-state index contributed by atoms with van der Waals surface area (Å²) in [6, 6.07) is 17.9. The maximum absolute atomic E-state index is 13.0. The standard InChI is InChI=1S/C24H25ClFNO3/c1-28-22-6-4-3-5-19(22)11-12-27-15-18-13-21(25)24(23(14-18)29-2)30-16-17-7-9-20(26)10-8-17/h3-10,13-14,27H,11-12,15-16H2,1-2H3. The topological polar surface area (TPSA) is 39.7 Å². The summed E-state index contributed by atoms with van der Waals surface area (Å²) in [6.45, 7) is 1.71. The lowest BCUT2D eigenvalue weighted by Gasteiger charge is -2.15. The molecule has 0 saturated heterocycles. The second-order valence-corrected chi connectivity index (χ2v) is 7.17. The van der Waals surface area contributed by atoms with Crippen LogP contribution in [-0.4, -0.2) is 20.8 Å². The van der Waals surface area contributed by atoms with Gasteiger partial charge in [0.15, 0.2) is 11.5 Å². The van der Waals surface area contributed by atoms with Gasteiger partial charge in [-0.25, -0.2) is 4.39 Å². The zero-order valence-corrected chi connectivity index (χ0v) is 17.8. The van der Waals surface area contributed by atoms with Crippen molar-refractivity contribution in [2.45, 2.75) is 19.6 Å². The van der Waals surface area contributed by atoms with E-state index in [1.54, 1.807) is 26.4 Å². The van der Waals surface area contributed by atoms with Crippen LogP contribution in [0.1, 0.15) is 16.7 Å². The Morgan fingerprint density at radius 3 is 2.37 bits per heavy atom. The highest BCUT2D eigenvalue weighted by Crippen LogP contribution is 2.37. The fourth-order valence-corrected chi connectivity index (χ4v) is 3.40. The van der Waals surface area contributed by atoms with E-state index in [4.69, 9.17) is 25.8 Å². The van der Waals surface area contributed by atoms with Crippen LogP contribution in [0.2, 0.25) is 5.02 Å². The van der Waals surface area contributed by atoms with Crippen LogP contribution in [0.25, 0.3) is 0 Å². The Kier molecular flexibility index (Phi) is 7.94. The summed E-state index contributed by atoms with van der Waals surface area (Å²) in [6.07, 6.45) is 0.855. The molecule has 0 saturated carbocycles. The number of hydrogen-bond donors (Lipinski definition) is 1. The molecule has 0 radical (unpaired) electrons. The minimum absolute atomic E-state index is 0.271. The van der Waals surface area contributed by atoms with E-state index in [1.165, 1.54) is 12.1 Å². The Morgan fingerprint density at radius 1 is 0.900 bits per heavy atom. The van der Waals surface area contributed by atoms with Crippen LogP contribution in [0.4, 0.5) is 4.39 Å². The highest BCUT2D eigenvalue weighted by molar-refractivity contribution is 6.32. The van der Waals surface area contributed by atoms with Crippen LogP contribution in [0.15, 0.2) is 60.7 Å². The Hall–Kier alpha value is -2.76. The van der Waals surface area contributed by atoms with Crippen LogP contribution in [0.5, 0.6) is 17.2 Å². The lowest BCUT2D eigenvalue weighted by Crippen LogP contribution is -2.17. The summed E-state index contributed by atoms with van der Waals surface area (Å²) < 4.78 is 29.7. The molecule has 0 heterocycles. The minimum atomic E-state index is -0.281. The highest BCUT2D eigenvalue weighted by atomic mass is 35.5. The van der Waals surface area contributed by atoms with Gasteiger partial charge < -0.3 is 19.5 Å². The van der Waals surface area contributed by atoms with Gasteiger partial charge in [-0.15, -0.1) is 0 Å². The van der Waals surface area contributed by atoms with Gasteiger partial charge in [-0.3, -0.25) is 0 Å². The average molecular weight is 430 g/mol. The Balaban J connectivity index is 1.58. The van der Waals surface area contributed by atoms with E-state index < -0.39 is 0 Å². The summed E-state index contributed by atoms with van der Waals surface area (Å²) in [5.41, 5.74) is 3.00. The Morgan fingerprint density at radius 2 is 1.63 bits per heavy atom. The molecule has 3 rings (SSSR count). The van der Waals surface area contributed by atoms with Gasteiger partial charge in [-0.05, 0) is 60.0 Å². The van der Waals surface area contributed by atoms with Crippen molar-refractivity contribution < 1.29 is 18.6 Å². The van der Waals surface area contributed by atoms with Gasteiger partial charge in [-0.2, -0.15) is 0 Å². The molecule has 0 aliphatic rings. The van der Waals surface area contributed by atoms with Gasteiger partial charge in [0, 0.05) is 6.54 Å². The number of hydrogen-bond acceptors (Lipinski definition) is 4. The van der Waals surface area contributed by atoms with E-state index in [0.29, 0.717) is 23.1 Å². The largest absolute Gasteiger partial charge is 0.496 e. The average Bonchev–Trinajstić information content (AvgIpc) is 2.77. The Bertz CT molecular complexity index is 963. The summed E-state index contributed by atoms with van der Waals surface area (Å²) in [5.74, 6) is 1.65. The van der Waals surface area contributed by atoms with Crippen molar-refractivity contribution in [3.8, 4) is 17.2 Å². The van der Waals surface area contributed by atoms with E-state index in [9.17, 15) is 4.39 Å². The van der Waals surface area contributed by atoms with E-state index in [2.05, 4.69) is 11.4 Å². The van der Waals surface area contributed by atoms with Gasteiger partial charge in [0.25, 0.3) is 0 Å². The van der Waals surface area contributed by atoms with Gasteiger partial charge >= 0.3 is 0 Å². The summed E-state index contributed by atoms with van der Waals surface area (Å²) in [7, 11) is 3.26. The van der Waals surface area contributed by atoms with Crippen molar-refractivity contribution in [1.82, 2.24) is 5.32 Å². The first-order valence-corrected chi connectivity index (χ1v) is 10.0. The molecule has 0 fully saturated rings. The molecule has 6 heteroatoms. The summed E-state index contributed by atoms with van der Waals surface area (Å²) in [5, 5.41) is 3.89. The lowest BCUT2D eigenvalue weighted by molar-refractivity contribution is 0.284. The molecular weight excluding hydrogens is 405 g/mol. The van der Waals surface area contributed by atoms with Crippen molar-refractivity contribution in [3.63, 3.8) is 0 Å². The lowest BCUT2D eigenvalue weighted by atomic mass is 10.1. The molecule has 1 N–H and O–H groups in total. The molecule has 0 spiro atoms. The first kappa shape index (κ1) is 21.9. The fourth-order valence-electron chi connectivity index (χ4n) is 3.12. The first-order chi connectivity index (χ1) is 14.6. The van der Waals surface area contributed by atoms with Gasteiger partial charge in [0.2, 0.25) is 0 Å². The van der Waals surface area contributed by atoms with E-state index in [-0.39, 0.29) is 12.4 Å². The molecule has 0 aliphatic heterocycles. The van der Waals surface area contributed by atoms with Crippen LogP contribution < -0.4 is 19.5 Å². The van der Waals surface area contributed by atoms with Crippen molar-refractivity contribution in [1.29, 1.82) is 0 Å². The zero-order chi connectivity index (χ0) is 21.3. The molecule has 3 aromatic carbocycles. The minimum Gasteiger partial charge on any atom is -0.496 e. The molecule has 4 nitrogen and oxygen atoms in total. The van der Waals surface area contributed by atoms with Gasteiger partial charge in [-0.1, -0.05) is 41.9 Å². The molecule has 0 aliphatic carbocycles. The monoisotopic (exact) mass is 429 g/mol. The number of halogens is 2. The molecule has 0 unspecified atom stereocenters. The predicted molar refractivity (Wildman–Crippen MR) is 117 cm³/mol. The van der Waals surface area contributed by atoms with Crippen molar-refractivity contribution in [2.75, 3.05) is 20.8 Å². The van der Waals surface area contributed by atoms with Crippen LogP contribution in [-0.2, 0) is 19.6 Å². The second kappa shape index (κ2) is 10.9. The van der Waals surface area contributed by atoms with Crippen molar-refractivity contribution in [3.05, 3.63) is 88.2 Å². The smallest absolute Gasteiger partial charge is 0.180 e. The summed E-state index contributed by atoms with van der Waals surface area (Å²) >= 11 is 6.44. The molecule has 0 bridgehead atoms. The van der Waals surface area contributed by atoms with Gasteiger partial charge in [0.1, 0.15) is 18.2 Å². The second-order valence-electron chi connectivity index (χ2n) is 6.76. The molecule has 158 valence electrons. The van der Waals surface area contributed by atoms with Crippen molar-refractivity contribution >= 4 is 11.6 Å². The third-order valence-electron chi connectivity index (χ3n) is 4.68. The third kappa shape index (κ3) is 5.88. The fraction of sp³-hybridized carbons (Fsp3) is 0.250. The van der Waals surface area contributed by atoms with Crippen molar-refractivity contribution in [2.24, 2.45) is 0 Å². The maximum atomic E-state index is 13.0. The van der Waals surface area contributed by atoms with E-state index >= 15 is 0 Å². The zero-order valence-electron chi connectivity index (χ0n) is 17.1. The molecular formula is C24H25ClFNO3. The van der Waals surface area contributed by atoms with Crippen LogP contribution in [0, 0.1) is 5.82 Å². The normalized spacial score (nSPS) is 10.7. The maximum Gasteiger partial charge on any atom is 0.180 e. The number of methoxy groups -OCH3 is 2. The van der Waals surface area contributed by atoms with Crippen LogP contribution >= 0.6 is 11.6 Å². The number of benzene rings is 3. The third-order valence-corrected chi connectivity index (χ3v) is 4.96. The molecule has 0 aromatic heterocycles. The van der Waals surface area contributed by atoms with E-state index in [0.717, 1.165) is 35.4 Å².